The first-order valence-electron chi connectivity index (χ1n) is 3.45. The molecule has 0 saturated carbocycles. The summed E-state index contributed by atoms with van der Waals surface area (Å²) in [4.78, 5) is 0. The van der Waals surface area contributed by atoms with E-state index in [9.17, 15) is 0 Å². The molecule has 0 aromatic rings. The summed E-state index contributed by atoms with van der Waals surface area (Å²) in [6.07, 6.45) is -0.320. The Labute approximate surface area is 75.1 Å². The third kappa shape index (κ3) is 10.2. The van der Waals surface area contributed by atoms with Gasteiger partial charge in [-0.05, 0) is 13.8 Å². The molecule has 0 amide bonds. The van der Waals surface area contributed by atoms with E-state index in [1.54, 1.807) is 14.0 Å². The van der Waals surface area contributed by atoms with Gasteiger partial charge in [-0.3, -0.25) is 0 Å². The Morgan fingerprint density at radius 1 is 1.27 bits per heavy atom. The van der Waals surface area contributed by atoms with Crippen molar-refractivity contribution in [1.82, 2.24) is 0 Å². The van der Waals surface area contributed by atoms with Crippen LogP contribution >= 0.6 is 13.5 Å². The number of rotatable bonds is 5. The van der Waals surface area contributed by atoms with Crippen LogP contribution in [0.1, 0.15) is 13.8 Å². The average Bonchev–Trinajstić information content (AvgIpc) is 1.85. The molecule has 70 valence electrons. The van der Waals surface area contributed by atoms with Crippen LogP contribution in [-0.4, -0.2) is 37.6 Å². The lowest BCUT2D eigenvalue weighted by Crippen LogP contribution is -2.20. The van der Waals surface area contributed by atoms with Gasteiger partial charge in [0.2, 0.25) is 0 Å². The predicted octanol–water partition coefficient (Wildman–Crippen LogP) is 0.531. The molecule has 4 heteroatoms. The van der Waals surface area contributed by atoms with Gasteiger partial charge in [0.1, 0.15) is 0 Å². The van der Waals surface area contributed by atoms with Crippen molar-refractivity contribution in [3.05, 3.63) is 0 Å². The summed E-state index contributed by atoms with van der Waals surface area (Å²) < 4.78 is 10.00. The third-order valence-electron chi connectivity index (χ3n) is 1.02. The Bertz CT molecular complexity index is 78.1. The number of hydrogen-bond acceptors (Lipinski definition) is 3. The van der Waals surface area contributed by atoms with Gasteiger partial charge in [0.05, 0.1) is 25.4 Å². The molecule has 2 atom stereocenters. The topological polar surface area (TPSA) is 38.7 Å². The van der Waals surface area contributed by atoms with E-state index in [0.29, 0.717) is 13.2 Å². The molecule has 3 nitrogen and oxygen atoms in total. The Morgan fingerprint density at radius 3 is 2.18 bits per heavy atom. The van der Waals surface area contributed by atoms with Gasteiger partial charge in [0.15, 0.2) is 0 Å². The maximum absolute atomic E-state index is 8.80. The molecule has 0 spiro atoms. The van der Waals surface area contributed by atoms with E-state index in [4.69, 9.17) is 14.6 Å². The zero-order valence-electron chi connectivity index (χ0n) is 7.33. The molecular weight excluding hydrogens is 164 g/mol. The molecule has 0 bridgehead atoms. The van der Waals surface area contributed by atoms with Crippen molar-refractivity contribution >= 4 is 13.5 Å². The van der Waals surface area contributed by atoms with Gasteiger partial charge in [-0.15, -0.1) is 0 Å². The van der Waals surface area contributed by atoms with Crippen molar-refractivity contribution in [3.63, 3.8) is 0 Å². The number of methoxy groups -OCH3 is 1. The predicted molar refractivity (Wildman–Crippen MR) is 49.4 cm³/mol. The molecule has 0 rings (SSSR count). The zero-order chi connectivity index (χ0) is 7.98. The molecule has 11 heavy (non-hydrogen) atoms. The lowest BCUT2D eigenvalue weighted by Gasteiger charge is -2.12. The van der Waals surface area contributed by atoms with E-state index < -0.39 is 0 Å². The van der Waals surface area contributed by atoms with Gasteiger partial charge in [0, 0.05) is 7.11 Å². The van der Waals surface area contributed by atoms with Gasteiger partial charge in [-0.25, -0.2) is 0 Å². The summed E-state index contributed by atoms with van der Waals surface area (Å²) >= 11 is 0. The maximum atomic E-state index is 8.80. The minimum absolute atomic E-state index is 0. The normalized spacial score (nSPS) is 15.3. The van der Waals surface area contributed by atoms with E-state index in [1.165, 1.54) is 0 Å². The highest BCUT2D eigenvalue weighted by molar-refractivity contribution is 7.59. The summed E-state index contributed by atoms with van der Waals surface area (Å²) in [5.41, 5.74) is 0. The first-order chi connectivity index (χ1) is 4.66. The first-order valence-corrected chi connectivity index (χ1v) is 3.45. The van der Waals surface area contributed by atoms with Crippen LogP contribution in [0, 0.1) is 0 Å². The van der Waals surface area contributed by atoms with Gasteiger partial charge >= 0.3 is 0 Å². The number of ether oxygens (including phenoxy) is 2. The SMILES string of the molecule is COCC(C)OC[C@H](C)O.S. The highest BCUT2D eigenvalue weighted by Crippen LogP contribution is 1.92. The van der Waals surface area contributed by atoms with Gasteiger partial charge in [-0.1, -0.05) is 0 Å². The minimum Gasteiger partial charge on any atom is -0.391 e. The largest absolute Gasteiger partial charge is 0.391 e. The molecule has 0 radical (unpaired) electrons. The minimum atomic E-state index is -0.390. The van der Waals surface area contributed by atoms with Crippen LogP contribution in [0.25, 0.3) is 0 Å². The summed E-state index contributed by atoms with van der Waals surface area (Å²) in [5, 5.41) is 8.80. The smallest absolute Gasteiger partial charge is 0.0781 e. The molecule has 0 heterocycles. The van der Waals surface area contributed by atoms with Crippen LogP contribution in [-0.2, 0) is 9.47 Å². The second-order valence-electron chi connectivity index (χ2n) is 2.45. The summed E-state index contributed by atoms with van der Waals surface area (Å²) in [6.45, 7) is 4.56. The molecule has 0 aliphatic heterocycles. The lowest BCUT2D eigenvalue weighted by atomic mass is 10.4. The molecular formula is C7H18O3S. The molecule has 0 aliphatic carbocycles. The number of aliphatic hydroxyl groups is 1. The van der Waals surface area contributed by atoms with Crippen LogP contribution in [0.3, 0.4) is 0 Å². The third-order valence-corrected chi connectivity index (χ3v) is 1.02. The van der Waals surface area contributed by atoms with Crippen molar-refractivity contribution in [3.8, 4) is 0 Å². The standard InChI is InChI=1S/C7H16O3.H2S/c1-6(8)4-10-7(2)5-9-3;/h6-8H,4-5H2,1-3H3;1H2/t6-,7?;/m0./s1. The molecule has 0 fully saturated rings. The fourth-order valence-electron chi connectivity index (χ4n) is 0.586. The van der Waals surface area contributed by atoms with E-state index in [-0.39, 0.29) is 25.7 Å². The highest BCUT2D eigenvalue weighted by Gasteiger charge is 2.02. The van der Waals surface area contributed by atoms with E-state index >= 15 is 0 Å². The van der Waals surface area contributed by atoms with Gasteiger partial charge in [0.25, 0.3) is 0 Å². The van der Waals surface area contributed by atoms with Crippen LogP contribution in [0.2, 0.25) is 0 Å². The Hall–Kier alpha value is 0.230. The average molecular weight is 182 g/mol. The Morgan fingerprint density at radius 2 is 1.82 bits per heavy atom. The molecule has 1 unspecified atom stereocenters. The second kappa shape index (κ2) is 8.33. The lowest BCUT2D eigenvalue weighted by molar-refractivity contribution is -0.0268. The van der Waals surface area contributed by atoms with E-state index in [0.717, 1.165) is 0 Å². The number of hydrogen-bond donors (Lipinski definition) is 1. The molecule has 0 aromatic heterocycles. The quantitative estimate of drug-likeness (QED) is 0.674. The monoisotopic (exact) mass is 182 g/mol. The summed E-state index contributed by atoms with van der Waals surface area (Å²) in [6, 6.07) is 0. The Kier molecular flexibility index (Phi) is 10.4. The fourth-order valence-corrected chi connectivity index (χ4v) is 0.586. The zero-order valence-corrected chi connectivity index (χ0v) is 8.33. The van der Waals surface area contributed by atoms with Crippen LogP contribution < -0.4 is 0 Å². The molecule has 1 N–H and O–H groups in total. The number of aliphatic hydroxyl groups excluding tert-OH is 1. The summed E-state index contributed by atoms with van der Waals surface area (Å²) in [7, 11) is 1.63. The van der Waals surface area contributed by atoms with Crippen molar-refractivity contribution in [2.75, 3.05) is 20.3 Å². The highest BCUT2D eigenvalue weighted by atomic mass is 32.1. The van der Waals surface area contributed by atoms with Crippen molar-refractivity contribution in [1.29, 1.82) is 0 Å². The van der Waals surface area contributed by atoms with Crippen molar-refractivity contribution in [2.24, 2.45) is 0 Å². The maximum Gasteiger partial charge on any atom is 0.0781 e. The molecule has 0 aromatic carbocycles. The fraction of sp³-hybridized carbons (Fsp3) is 1.00. The Balaban J connectivity index is 0. The van der Waals surface area contributed by atoms with E-state index in [2.05, 4.69) is 0 Å². The van der Waals surface area contributed by atoms with Gasteiger partial charge < -0.3 is 14.6 Å². The van der Waals surface area contributed by atoms with Crippen molar-refractivity contribution < 1.29 is 14.6 Å². The van der Waals surface area contributed by atoms with Gasteiger partial charge in [-0.2, -0.15) is 13.5 Å². The summed E-state index contributed by atoms with van der Waals surface area (Å²) in [5.74, 6) is 0. The second-order valence-corrected chi connectivity index (χ2v) is 2.45. The van der Waals surface area contributed by atoms with Crippen LogP contribution in [0.5, 0.6) is 0 Å². The first kappa shape index (κ1) is 13.8. The van der Waals surface area contributed by atoms with E-state index in [1.807, 2.05) is 6.92 Å². The molecule has 0 aliphatic rings. The molecule has 0 saturated heterocycles. The van der Waals surface area contributed by atoms with Crippen LogP contribution in [0.4, 0.5) is 0 Å². The van der Waals surface area contributed by atoms with Crippen molar-refractivity contribution in [2.45, 2.75) is 26.1 Å². The van der Waals surface area contributed by atoms with Crippen LogP contribution in [0.15, 0.2) is 0 Å².